The molecule has 4 heteroatoms. The minimum atomic E-state index is 0.0194. The standard InChI is InChI=1S/C22H25NO3/c1-17(24)19-10-13-21(14-11-19)26-16-22(25)23-15-5-8-20(23)12-9-18-6-3-2-4-7-18/h2-4,6-7,10-11,13-14,20H,5,8-9,12,15-16H2,1H3. The monoisotopic (exact) mass is 351 g/mol. The van der Waals surface area contributed by atoms with Crippen LogP contribution in [0.3, 0.4) is 0 Å². The van der Waals surface area contributed by atoms with E-state index in [0.717, 1.165) is 32.2 Å². The van der Waals surface area contributed by atoms with E-state index in [-0.39, 0.29) is 18.3 Å². The van der Waals surface area contributed by atoms with Crippen LogP contribution in [0.25, 0.3) is 0 Å². The molecule has 0 spiro atoms. The highest BCUT2D eigenvalue weighted by molar-refractivity contribution is 5.94. The van der Waals surface area contributed by atoms with Gasteiger partial charge in [0.25, 0.3) is 5.91 Å². The van der Waals surface area contributed by atoms with Crippen LogP contribution in [0.1, 0.15) is 42.1 Å². The highest BCUT2D eigenvalue weighted by atomic mass is 16.5. The molecule has 0 N–H and O–H groups in total. The van der Waals surface area contributed by atoms with E-state index in [0.29, 0.717) is 17.4 Å². The van der Waals surface area contributed by atoms with Crippen molar-refractivity contribution in [1.82, 2.24) is 4.90 Å². The van der Waals surface area contributed by atoms with Crippen LogP contribution >= 0.6 is 0 Å². The molecule has 2 aromatic rings. The average Bonchev–Trinajstić information content (AvgIpc) is 3.14. The molecule has 0 radical (unpaired) electrons. The van der Waals surface area contributed by atoms with E-state index in [9.17, 15) is 9.59 Å². The first-order valence-electron chi connectivity index (χ1n) is 9.20. The third-order valence-electron chi connectivity index (χ3n) is 4.93. The molecule has 1 unspecified atom stereocenters. The number of Topliss-reactive ketones (excluding diaryl/α,β-unsaturated/α-hetero) is 1. The van der Waals surface area contributed by atoms with Crippen LogP contribution < -0.4 is 4.74 Å². The van der Waals surface area contributed by atoms with Crippen LogP contribution in [0, 0.1) is 0 Å². The number of carbonyl (C=O) groups is 2. The Bertz CT molecular complexity index is 740. The fourth-order valence-electron chi connectivity index (χ4n) is 3.46. The van der Waals surface area contributed by atoms with Gasteiger partial charge in [0.1, 0.15) is 5.75 Å². The average molecular weight is 351 g/mol. The molecule has 1 saturated heterocycles. The van der Waals surface area contributed by atoms with Gasteiger partial charge in [0.05, 0.1) is 0 Å². The Hall–Kier alpha value is -2.62. The molecule has 0 aliphatic carbocycles. The lowest BCUT2D eigenvalue weighted by molar-refractivity contribution is -0.134. The number of carbonyl (C=O) groups excluding carboxylic acids is 2. The highest BCUT2D eigenvalue weighted by Gasteiger charge is 2.28. The van der Waals surface area contributed by atoms with E-state index < -0.39 is 0 Å². The van der Waals surface area contributed by atoms with Crippen molar-refractivity contribution in [3.63, 3.8) is 0 Å². The largest absolute Gasteiger partial charge is 0.484 e. The van der Waals surface area contributed by atoms with Crippen LogP contribution in [-0.2, 0) is 11.2 Å². The summed E-state index contributed by atoms with van der Waals surface area (Å²) in [6.45, 7) is 2.38. The molecule has 1 atom stereocenters. The van der Waals surface area contributed by atoms with Gasteiger partial charge in [-0.3, -0.25) is 9.59 Å². The molecule has 2 aromatic carbocycles. The lowest BCUT2D eigenvalue weighted by Gasteiger charge is -2.25. The third-order valence-corrected chi connectivity index (χ3v) is 4.93. The third kappa shape index (κ3) is 4.72. The van der Waals surface area contributed by atoms with Crippen molar-refractivity contribution in [3.05, 3.63) is 65.7 Å². The van der Waals surface area contributed by atoms with Gasteiger partial charge in [0.15, 0.2) is 12.4 Å². The number of nitrogens with zero attached hydrogens (tertiary/aromatic N) is 1. The fraction of sp³-hybridized carbons (Fsp3) is 0.364. The van der Waals surface area contributed by atoms with Crippen molar-refractivity contribution in [2.75, 3.05) is 13.2 Å². The summed E-state index contributed by atoms with van der Waals surface area (Å²) in [5.74, 6) is 0.672. The first kappa shape index (κ1) is 18.2. The normalized spacial score (nSPS) is 16.5. The highest BCUT2D eigenvalue weighted by Crippen LogP contribution is 2.22. The van der Waals surface area contributed by atoms with Crippen molar-refractivity contribution in [2.45, 2.75) is 38.6 Å². The minimum Gasteiger partial charge on any atom is -0.484 e. The SMILES string of the molecule is CC(=O)c1ccc(OCC(=O)N2CCCC2CCc2ccccc2)cc1. The number of aryl methyl sites for hydroxylation is 1. The number of rotatable bonds is 7. The number of hydrogen-bond donors (Lipinski definition) is 0. The van der Waals surface area contributed by atoms with Crippen molar-refractivity contribution >= 4 is 11.7 Å². The van der Waals surface area contributed by atoms with Crippen LogP contribution in [0.2, 0.25) is 0 Å². The van der Waals surface area contributed by atoms with Crippen molar-refractivity contribution in [1.29, 1.82) is 0 Å². The molecular formula is C22H25NO3. The van der Waals surface area contributed by atoms with Gasteiger partial charge >= 0.3 is 0 Å². The summed E-state index contributed by atoms with van der Waals surface area (Å²) in [6, 6.07) is 17.6. The van der Waals surface area contributed by atoms with Gasteiger partial charge in [-0.25, -0.2) is 0 Å². The maximum atomic E-state index is 12.6. The number of ether oxygens (including phenoxy) is 1. The number of ketones is 1. The molecule has 0 bridgehead atoms. The van der Waals surface area contributed by atoms with Crippen LogP contribution in [0.15, 0.2) is 54.6 Å². The molecule has 1 aliphatic heterocycles. The number of amides is 1. The molecule has 1 amide bonds. The van der Waals surface area contributed by atoms with Gasteiger partial charge in [-0.15, -0.1) is 0 Å². The molecule has 3 rings (SSSR count). The summed E-state index contributed by atoms with van der Waals surface area (Å²) >= 11 is 0. The second-order valence-corrected chi connectivity index (χ2v) is 6.78. The summed E-state index contributed by atoms with van der Waals surface area (Å²) in [6.07, 6.45) is 4.09. The molecule has 1 heterocycles. The minimum absolute atomic E-state index is 0.0194. The van der Waals surface area contributed by atoms with Gasteiger partial charge < -0.3 is 9.64 Å². The predicted molar refractivity (Wildman–Crippen MR) is 101 cm³/mol. The number of likely N-dealkylation sites (tertiary alicyclic amines) is 1. The Kier molecular flexibility index (Phi) is 6.05. The van der Waals surface area contributed by atoms with Crippen LogP contribution in [0.5, 0.6) is 5.75 Å². The van der Waals surface area contributed by atoms with E-state index in [4.69, 9.17) is 4.74 Å². The molecule has 0 saturated carbocycles. The van der Waals surface area contributed by atoms with Crippen LogP contribution in [0.4, 0.5) is 0 Å². The van der Waals surface area contributed by atoms with Crippen molar-refractivity contribution < 1.29 is 14.3 Å². The molecule has 1 aliphatic rings. The maximum Gasteiger partial charge on any atom is 0.260 e. The topological polar surface area (TPSA) is 46.6 Å². The summed E-state index contributed by atoms with van der Waals surface area (Å²) in [4.78, 5) is 25.8. The number of hydrogen-bond acceptors (Lipinski definition) is 3. The zero-order chi connectivity index (χ0) is 18.4. The number of benzene rings is 2. The van der Waals surface area contributed by atoms with E-state index in [2.05, 4.69) is 24.3 Å². The lowest BCUT2D eigenvalue weighted by atomic mass is 10.0. The van der Waals surface area contributed by atoms with Crippen LogP contribution in [-0.4, -0.2) is 35.8 Å². The predicted octanol–water partition coefficient (Wildman–Crippen LogP) is 3.89. The Morgan fingerprint density at radius 3 is 2.50 bits per heavy atom. The van der Waals surface area contributed by atoms with Gasteiger partial charge in [-0.1, -0.05) is 30.3 Å². The first-order valence-corrected chi connectivity index (χ1v) is 9.20. The van der Waals surface area contributed by atoms with E-state index in [1.807, 2.05) is 11.0 Å². The lowest BCUT2D eigenvalue weighted by Crippen LogP contribution is -2.38. The Morgan fingerprint density at radius 1 is 1.08 bits per heavy atom. The first-order chi connectivity index (χ1) is 12.6. The quantitative estimate of drug-likeness (QED) is 0.711. The summed E-state index contributed by atoms with van der Waals surface area (Å²) in [5.41, 5.74) is 1.96. The smallest absolute Gasteiger partial charge is 0.260 e. The maximum absolute atomic E-state index is 12.6. The zero-order valence-corrected chi connectivity index (χ0v) is 15.2. The summed E-state index contributed by atoms with van der Waals surface area (Å²) in [5, 5.41) is 0. The van der Waals surface area contributed by atoms with Gasteiger partial charge in [0.2, 0.25) is 0 Å². The van der Waals surface area contributed by atoms with Crippen molar-refractivity contribution in [3.8, 4) is 5.75 Å². The summed E-state index contributed by atoms with van der Waals surface area (Å²) < 4.78 is 5.62. The Balaban J connectivity index is 1.50. The second kappa shape index (κ2) is 8.65. The van der Waals surface area contributed by atoms with Gasteiger partial charge in [-0.2, -0.15) is 0 Å². The summed E-state index contributed by atoms with van der Waals surface area (Å²) in [7, 11) is 0. The molecule has 0 aromatic heterocycles. The zero-order valence-electron chi connectivity index (χ0n) is 15.2. The second-order valence-electron chi connectivity index (χ2n) is 6.78. The van der Waals surface area contributed by atoms with E-state index in [1.165, 1.54) is 12.5 Å². The molecule has 4 nitrogen and oxygen atoms in total. The molecule has 1 fully saturated rings. The molecular weight excluding hydrogens is 326 g/mol. The molecule has 26 heavy (non-hydrogen) atoms. The van der Waals surface area contributed by atoms with E-state index in [1.54, 1.807) is 24.3 Å². The van der Waals surface area contributed by atoms with E-state index >= 15 is 0 Å². The molecule has 136 valence electrons. The van der Waals surface area contributed by atoms with Gasteiger partial charge in [-0.05, 0) is 62.4 Å². The Morgan fingerprint density at radius 2 is 1.81 bits per heavy atom. The van der Waals surface area contributed by atoms with Crippen molar-refractivity contribution in [2.24, 2.45) is 0 Å². The fourth-order valence-corrected chi connectivity index (χ4v) is 3.46. The Labute approximate surface area is 154 Å². The van der Waals surface area contributed by atoms with Gasteiger partial charge in [0, 0.05) is 18.2 Å².